The minimum absolute atomic E-state index is 0.0121. The van der Waals surface area contributed by atoms with Crippen molar-refractivity contribution < 1.29 is 36.7 Å². The molecule has 7 nitrogen and oxygen atoms in total. The number of carbonyl (C=O) groups excluding carboxylic acids is 2. The van der Waals surface area contributed by atoms with Crippen LogP contribution in [0.5, 0.6) is 5.75 Å². The quantitative estimate of drug-likeness (QED) is 0.778. The van der Waals surface area contributed by atoms with Crippen molar-refractivity contribution in [1.29, 1.82) is 0 Å². The van der Waals surface area contributed by atoms with Crippen LogP contribution < -0.4 is 10.1 Å². The van der Waals surface area contributed by atoms with Crippen LogP contribution in [0.1, 0.15) is 28.2 Å². The average molecular weight is 398 g/mol. The van der Waals surface area contributed by atoms with Gasteiger partial charge in [0, 0.05) is 19.3 Å². The number of fused-ring (bicyclic) bond motifs is 1. The van der Waals surface area contributed by atoms with Gasteiger partial charge in [0.15, 0.2) is 12.1 Å². The number of benzene rings is 1. The molecular formula is C18H17F3N2O5. The van der Waals surface area contributed by atoms with Crippen molar-refractivity contribution in [3.63, 3.8) is 0 Å². The maximum atomic E-state index is 13.4. The van der Waals surface area contributed by atoms with E-state index in [1.54, 1.807) is 18.2 Å². The standard InChI is InChI=1S/C18H17F3N2O5/c1-26-17(25)15-13(27-9-22-15)6-7-14(24)23-11-8-10-4-2-3-5-12(10)28-16(11)18(19,20)21/h2-5,9,11,16H,6-8H2,1H3,(H,23,24)/t11-,16-/m1/s1. The average Bonchev–Trinajstić information content (AvgIpc) is 3.13. The van der Waals surface area contributed by atoms with Gasteiger partial charge in [0.2, 0.25) is 12.0 Å². The Hall–Kier alpha value is -3.04. The summed E-state index contributed by atoms with van der Waals surface area (Å²) in [7, 11) is 1.17. The maximum absolute atomic E-state index is 13.4. The van der Waals surface area contributed by atoms with E-state index < -0.39 is 30.2 Å². The molecule has 3 rings (SSSR count). The van der Waals surface area contributed by atoms with Crippen LogP contribution in [0.3, 0.4) is 0 Å². The van der Waals surface area contributed by atoms with E-state index in [-0.39, 0.29) is 36.5 Å². The number of rotatable bonds is 5. The Balaban J connectivity index is 1.67. The molecule has 150 valence electrons. The van der Waals surface area contributed by atoms with Crippen molar-refractivity contribution in [2.45, 2.75) is 37.6 Å². The number of para-hydroxylation sites is 1. The molecular weight excluding hydrogens is 381 g/mol. The topological polar surface area (TPSA) is 90.7 Å². The number of halogens is 3. The van der Waals surface area contributed by atoms with Crippen molar-refractivity contribution >= 4 is 11.9 Å². The van der Waals surface area contributed by atoms with Gasteiger partial charge in [0.25, 0.3) is 0 Å². The van der Waals surface area contributed by atoms with Crippen molar-refractivity contribution in [3.8, 4) is 5.75 Å². The molecule has 2 atom stereocenters. The molecule has 10 heteroatoms. The fourth-order valence-electron chi connectivity index (χ4n) is 2.99. The molecule has 1 aliphatic rings. The number of hydrogen-bond donors (Lipinski definition) is 1. The minimum Gasteiger partial charge on any atom is -0.478 e. The number of methoxy groups -OCH3 is 1. The second-order valence-corrected chi connectivity index (χ2v) is 6.18. The van der Waals surface area contributed by atoms with E-state index in [0.29, 0.717) is 5.56 Å². The normalized spacial score (nSPS) is 18.7. The van der Waals surface area contributed by atoms with E-state index in [1.807, 2.05) is 0 Å². The Kier molecular flexibility index (Phi) is 5.57. The first-order valence-electron chi connectivity index (χ1n) is 8.41. The van der Waals surface area contributed by atoms with Gasteiger partial charge in [-0.1, -0.05) is 18.2 Å². The highest BCUT2D eigenvalue weighted by atomic mass is 19.4. The first-order chi connectivity index (χ1) is 13.3. The zero-order valence-corrected chi connectivity index (χ0v) is 14.8. The summed E-state index contributed by atoms with van der Waals surface area (Å²) in [5, 5.41) is 2.38. The van der Waals surface area contributed by atoms with Crippen LogP contribution in [0.25, 0.3) is 0 Å². The molecule has 1 amide bonds. The lowest BCUT2D eigenvalue weighted by atomic mass is 9.96. The van der Waals surface area contributed by atoms with Crippen molar-refractivity contribution in [2.24, 2.45) is 0 Å². The number of nitrogens with one attached hydrogen (secondary N) is 1. The van der Waals surface area contributed by atoms with Crippen molar-refractivity contribution in [2.75, 3.05) is 7.11 Å². The summed E-state index contributed by atoms with van der Waals surface area (Å²) in [6, 6.07) is 5.12. The van der Waals surface area contributed by atoms with Gasteiger partial charge in [-0.25, -0.2) is 9.78 Å². The molecule has 0 unspecified atom stereocenters. The van der Waals surface area contributed by atoms with Crippen LogP contribution in [-0.4, -0.2) is 42.3 Å². The van der Waals surface area contributed by atoms with Crippen LogP contribution >= 0.6 is 0 Å². The Morgan fingerprint density at radius 2 is 2.07 bits per heavy atom. The van der Waals surface area contributed by atoms with Crippen LogP contribution in [0, 0.1) is 0 Å². The molecule has 0 saturated carbocycles. The monoisotopic (exact) mass is 398 g/mol. The van der Waals surface area contributed by atoms with Gasteiger partial charge in [-0.05, 0) is 11.6 Å². The number of ether oxygens (including phenoxy) is 2. The molecule has 1 aromatic heterocycles. The van der Waals surface area contributed by atoms with Gasteiger partial charge in [0.1, 0.15) is 11.5 Å². The zero-order valence-electron chi connectivity index (χ0n) is 14.8. The fourth-order valence-corrected chi connectivity index (χ4v) is 2.99. The van der Waals surface area contributed by atoms with E-state index in [0.717, 1.165) is 6.39 Å². The SMILES string of the molecule is COC(=O)c1ncoc1CCC(=O)N[C@@H]1Cc2ccccc2O[C@H]1C(F)(F)F. The van der Waals surface area contributed by atoms with Gasteiger partial charge in [-0.15, -0.1) is 0 Å². The van der Waals surface area contributed by atoms with Gasteiger partial charge < -0.3 is 19.2 Å². The number of aryl methyl sites for hydroxylation is 1. The lowest BCUT2D eigenvalue weighted by Gasteiger charge is -2.35. The highest BCUT2D eigenvalue weighted by molar-refractivity contribution is 5.88. The van der Waals surface area contributed by atoms with Gasteiger partial charge in [-0.3, -0.25) is 4.79 Å². The van der Waals surface area contributed by atoms with Crippen LogP contribution in [0.4, 0.5) is 13.2 Å². The summed E-state index contributed by atoms with van der Waals surface area (Å²) >= 11 is 0. The molecule has 1 aromatic carbocycles. The van der Waals surface area contributed by atoms with Crippen molar-refractivity contribution in [1.82, 2.24) is 10.3 Å². The molecule has 0 saturated heterocycles. The Bertz CT molecular complexity index is 865. The number of carbonyl (C=O) groups is 2. The number of amides is 1. The van der Waals surface area contributed by atoms with Gasteiger partial charge >= 0.3 is 12.1 Å². The lowest BCUT2D eigenvalue weighted by Crippen LogP contribution is -2.55. The fraction of sp³-hybridized carbons (Fsp3) is 0.389. The molecule has 0 bridgehead atoms. The zero-order chi connectivity index (χ0) is 20.3. The summed E-state index contributed by atoms with van der Waals surface area (Å²) in [4.78, 5) is 27.5. The third kappa shape index (κ3) is 4.26. The highest BCUT2D eigenvalue weighted by Crippen LogP contribution is 2.35. The third-order valence-corrected chi connectivity index (χ3v) is 4.30. The molecule has 0 fully saturated rings. The minimum atomic E-state index is -4.64. The third-order valence-electron chi connectivity index (χ3n) is 4.30. The molecule has 0 aliphatic carbocycles. The number of esters is 1. The first-order valence-corrected chi connectivity index (χ1v) is 8.41. The van der Waals surface area contributed by atoms with Crippen LogP contribution in [0.15, 0.2) is 35.1 Å². The van der Waals surface area contributed by atoms with E-state index >= 15 is 0 Å². The molecule has 2 heterocycles. The van der Waals surface area contributed by atoms with Crippen LogP contribution in [-0.2, 0) is 22.4 Å². The van der Waals surface area contributed by atoms with E-state index in [9.17, 15) is 22.8 Å². The Morgan fingerprint density at radius 1 is 1.32 bits per heavy atom. The summed E-state index contributed by atoms with van der Waals surface area (Å²) < 4.78 is 54.8. The number of hydrogen-bond acceptors (Lipinski definition) is 6. The van der Waals surface area contributed by atoms with Gasteiger partial charge in [-0.2, -0.15) is 13.2 Å². The van der Waals surface area contributed by atoms with Gasteiger partial charge in [0.05, 0.1) is 13.2 Å². The summed E-state index contributed by atoms with van der Waals surface area (Å²) in [6.45, 7) is 0. The second kappa shape index (κ2) is 7.91. The predicted octanol–water partition coefficient (Wildman–Crippen LogP) is 2.44. The molecule has 1 N–H and O–H groups in total. The lowest BCUT2D eigenvalue weighted by molar-refractivity contribution is -0.206. The number of aromatic nitrogens is 1. The molecule has 2 aromatic rings. The van der Waals surface area contributed by atoms with Crippen LogP contribution in [0.2, 0.25) is 0 Å². The summed E-state index contributed by atoms with van der Waals surface area (Å²) in [5.41, 5.74) is 0.509. The first kappa shape index (κ1) is 19.7. The summed E-state index contributed by atoms with van der Waals surface area (Å²) in [5.74, 6) is -1.08. The smallest absolute Gasteiger partial charge is 0.427 e. The van der Waals surface area contributed by atoms with Crippen molar-refractivity contribution in [3.05, 3.63) is 47.7 Å². The second-order valence-electron chi connectivity index (χ2n) is 6.18. The number of alkyl halides is 3. The Morgan fingerprint density at radius 3 is 2.79 bits per heavy atom. The predicted molar refractivity (Wildman–Crippen MR) is 88.7 cm³/mol. The highest BCUT2D eigenvalue weighted by Gasteiger charge is 2.49. The number of nitrogens with zero attached hydrogens (tertiary/aromatic N) is 1. The summed E-state index contributed by atoms with van der Waals surface area (Å²) in [6.07, 6.45) is -5.98. The molecule has 0 radical (unpaired) electrons. The van der Waals surface area contributed by atoms with E-state index in [1.165, 1.54) is 13.2 Å². The largest absolute Gasteiger partial charge is 0.478 e. The van der Waals surface area contributed by atoms with E-state index in [4.69, 9.17) is 9.15 Å². The maximum Gasteiger partial charge on any atom is 0.427 e. The molecule has 28 heavy (non-hydrogen) atoms. The number of oxazole rings is 1. The van der Waals surface area contributed by atoms with E-state index in [2.05, 4.69) is 15.0 Å². The molecule has 1 aliphatic heterocycles. The molecule has 0 spiro atoms. The Labute approximate surface area is 157 Å².